The zero-order valence-corrected chi connectivity index (χ0v) is 13.3. The number of nitrogens with two attached hydrogens (primary N) is 1. The van der Waals surface area contributed by atoms with E-state index in [-0.39, 0.29) is 0 Å². The van der Waals surface area contributed by atoms with Gasteiger partial charge in [-0.1, -0.05) is 12.1 Å². The van der Waals surface area contributed by atoms with Gasteiger partial charge in [-0.15, -0.1) is 0 Å². The second-order valence-corrected chi connectivity index (χ2v) is 6.09. The van der Waals surface area contributed by atoms with Crippen LogP contribution in [0.3, 0.4) is 0 Å². The van der Waals surface area contributed by atoms with Crippen LogP contribution in [0.15, 0.2) is 18.2 Å². The maximum atomic E-state index is 6.16. The van der Waals surface area contributed by atoms with Crippen LogP contribution in [0.5, 0.6) is 0 Å². The number of aromatic nitrogens is 2. The molecule has 4 nitrogen and oxygen atoms in total. The second kappa shape index (κ2) is 5.19. The average molecular weight is 284 g/mol. The predicted molar refractivity (Wildman–Crippen MR) is 86.1 cm³/mol. The highest BCUT2D eigenvalue weighted by Crippen LogP contribution is 2.32. The number of hydrogen-bond donors (Lipinski definition) is 1. The fourth-order valence-corrected chi connectivity index (χ4v) is 3.54. The van der Waals surface area contributed by atoms with Crippen LogP contribution in [0, 0.1) is 13.8 Å². The van der Waals surface area contributed by atoms with E-state index < -0.39 is 0 Å². The number of nitrogens with zero attached hydrogens (tertiary/aromatic N) is 3. The summed E-state index contributed by atoms with van der Waals surface area (Å²) in [6.45, 7) is 8.53. The number of fused-ring (bicyclic) bond motifs is 1. The number of anilines is 1. The molecule has 0 radical (unpaired) electrons. The van der Waals surface area contributed by atoms with E-state index in [1.165, 1.54) is 22.4 Å². The minimum Gasteiger partial charge on any atom is -0.398 e. The third-order valence-electron chi connectivity index (χ3n) is 4.87. The van der Waals surface area contributed by atoms with Crippen molar-refractivity contribution in [1.29, 1.82) is 0 Å². The fraction of sp³-hybridized carbons (Fsp3) is 0.471. The summed E-state index contributed by atoms with van der Waals surface area (Å²) in [5, 5.41) is 4.55. The summed E-state index contributed by atoms with van der Waals surface area (Å²) in [6, 6.07) is 6.64. The van der Waals surface area contributed by atoms with Crippen molar-refractivity contribution >= 4 is 5.69 Å². The molecule has 21 heavy (non-hydrogen) atoms. The molecular formula is C17H24N4. The molecule has 1 unspecified atom stereocenters. The van der Waals surface area contributed by atoms with E-state index in [9.17, 15) is 0 Å². The summed E-state index contributed by atoms with van der Waals surface area (Å²) in [4.78, 5) is 2.51. The van der Waals surface area contributed by atoms with Crippen LogP contribution in [0.25, 0.3) is 0 Å². The van der Waals surface area contributed by atoms with Gasteiger partial charge in [0.1, 0.15) is 0 Å². The Labute approximate surface area is 126 Å². The van der Waals surface area contributed by atoms with Crippen molar-refractivity contribution in [2.75, 3.05) is 12.3 Å². The zero-order chi connectivity index (χ0) is 15.1. The Kier molecular flexibility index (Phi) is 3.49. The van der Waals surface area contributed by atoms with Gasteiger partial charge in [0.2, 0.25) is 0 Å². The molecule has 2 N–H and O–H groups in total. The van der Waals surface area contributed by atoms with Crippen molar-refractivity contribution in [3.63, 3.8) is 0 Å². The van der Waals surface area contributed by atoms with Crippen LogP contribution in [0.2, 0.25) is 0 Å². The Balaban J connectivity index is 1.91. The lowest BCUT2D eigenvalue weighted by Crippen LogP contribution is -2.33. The molecule has 0 saturated carbocycles. The third-order valence-corrected chi connectivity index (χ3v) is 4.87. The molecule has 0 bridgehead atoms. The van der Waals surface area contributed by atoms with Crippen LogP contribution in [-0.4, -0.2) is 21.2 Å². The van der Waals surface area contributed by atoms with Crippen molar-refractivity contribution in [2.45, 2.75) is 39.8 Å². The number of aryl methyl sites for hydroxylation is 2. The van der Waals surface area contributed by atoms with Gasteiger partial charge in [0.15, 0.2) is 0 Å². The van der Waals surface area contributed by atoms with Crippen LogP contribution in [0.4, 0.5) is 5.69 Å². The van der Waals surface area contributed by atoms with E-state index in [1.807, 2.05) is 17.8 Å². The van der Waals surface area contributed by atoms with Crippen LogP contribution in [-0.2, 0) is 20.0 Å². The van der Waals surface area contributed by atoms with Gasteiger partial charge in [-0.3, -0.25) is 9.58 Å². The summed E-state index contributed by atoms with van der Waals surface area (Å²) < 4.78 is 1.98. The van der Waals surface area contributed by atoms with Crippen molar-refractivity contribution in [3.8, 4) is 0 Å². The lowest BCUT2D eigenvalue weighted by atomic mass is 9.95. The molecule has 2 heterocycles. The van der Waals surface area contributed by atoms with E-state index in [0.717, 1.165) is 30.9 Å². The molecule has 0 amide bonds. The smallest absolute Gasteiger partial charge is 0.0644 e. The van der Waals surface area contributed by atoms with Crippen molar-refractivity contribution in [2.24, 2.45) is 7.05 Å². The molecule has 4 heteroatoms. The first kappa shape index (κ1) is 14.1. The summed E-state index contributed by atoms with van der Waals surface area (Å²) >= 11 is 0. The minimum atomic E-state index is 0.367. The molecule has 1 aliphatic heterocycles. The number of rotatable bonds is 2. The molecule has 0 spiro atoms. The number of hydrogen-bond acceptors (Lipinski definition) is 3. The first-order valence-corrected chi connectivity index (χ1v) is 7.59. The Morgan fingerprint density at radius 2 is 2.05 bits per heavy atom. The molecule has 0 saturated heterocycles. The molecular weight excluding hydrogens is 260 g/mol. The normalized spacial score (nSPS) is 16.8. The van der Waals surface area contributed by atoms with Crippen molar-refractivity contribution < 1.29 is 0 Å². The van der Waals surface area contributed by atoms with E-state index in [1.54, 1.807) is 0 Å². The largest absolute Gasteiger partial charge is 0.398 e. The molecule has 1 atom stereocenters. The zero-order valence-electron chi connectivity index (χ0n) is 13.3. The summed E-state index contributed by atoms with van der Waals surface area (Å²) in [5.41, 5.74) is 13.5. The van der Waals surface area contributed by atoms with Gasteiger partial charge in [0.05, 0.1) is 5.69 Å². The summed E-state index contributed by atoms with van der Waals surface area (Å²) in [5.74, 6) is 0. The topological polar surface area (TPSA) is 47.1 Å². The molecule has 1 aromatic carbocycles. The molecule has 1 aromatic heterocycles. The molecule has 2 aromatic rings. The summed E-state index contributed by atoms with van der Waals surface area (Å²) in [6.07, 6.45) is 1.07. The molecule has 0 aliphatic carbocycles. The van der Waals surface area contributed by atoms with Gasteiger partial charge >= 0.3 is 0 Å². The summed E-state index contributed by atoms with van der Waals surface area (Å²) in [7, 11) is 2.02. The maximum absolute atomic E-state index is 6.16. The van der Waals surface area contributed by atoms with Gasteiger partial charge in [0, 0.05) is 43.1 Å². The molecule has 1 aliphatic rings. The first-order valence-electron chi connectivity index (χ1n) is 7.59. The second-order valence-electron chi connectivity index (χ2n) is 6.09. The Morgan fingerprint density at radius 1 is 1.29 bits per heavy atom. The van der Waals surface area contributed by atoms with Crippen LogP contribution < -0.4 is 5.73 Å². The van der Waals surface area contributed by atoms with E-state index >= 15 is 0 Å². The van der Waals surface area contributed by atoms with E-state index in [2.05, 4.69) is 42.9 Å². The van der Waals surface area contributed by atoms with Gasteiger partial charge in [-0.05, 0) is 44.4 Å². The monoisotopic (exact) mass is 284 g/mol. The van der Waals surface area contributed by atoms with Crippen LogP contribution >= 0.6 is 0 Å². The minimum absolute atomic E-state index is 0.367. The van der Waals surface area contributed by atoms with Crippen molar-refractivity contribution in [3.05, 3.63) is 46.3 Å². The number of nitrogen functional groups attached to an aromatic ring is 1. The lowest BCUT2D eigenvalue weighted by molar-refractivity contribution is 0.191. The van der Waals surface area contributed by atoms with Gasteiger partial charge < -0.3 is 5.73 Å². The number of benzene rings is 1. The highest BCUT2D eigenvalue weighted by molar-refractivity contribution is 5.52. The fourth-order valence-electron chi connectivity index (χ4n) is 3.54. The van der Waals surface area contributed by atoms with E-state index in [4.69, 9.17) is 5.73 Å². The van der Waals surface area contributed by atoms with Crippen LogP contribution in [0.1, 0.15) is 41.0 Å². The lowest BCUT2D eigenvalue weighted by Gasteiger charge is -2.34. The first-order chi connectivity index (χ1) is 9.99. The Morgan fingerprint density at radius 3 is 2.71 bits per heavy atom. The predicted octanol–water partition coefficient (Wildman–Crippen LogP) is 2.74. The molecule has 3 rings (SSSR count). The highest BCUT2D eigenvalue weighted by Gasteiger charge is 2.26. The average Bonchev–Trinajstić information content (AvgIpc) is 2.71. The van der Waals surface area contributed by atoms with Crippen molar-refractivity contribution in [1.82, 2.24) is 14.7 Å². The third kappa shape index (κ3) is 2.33. The van der Waals surface area contributed by atoms with Gasteiger partial charge in [0.25, 0.3) is 0 Å². The van der Waals surface area contributed by atoms with Gasteiger partial charge in [-0.2, -0.15) is 5.10 Å². The quantitative estimate of drug-likeness (QED) is 0.863. The Hall–Kier alpha value is -1.81. The highest BCUT2D eigenvalue weighted by atomic mass is 15.3. The Bertz CT molecular complexity index is 672. The SMILES string of the molecule is Cc1nn(C)c(C)c1C(C)N1CCc2cccc(N)c2C1. The van der Waals surface area contributed by atoms with E-state index in [0.29, 0.717) is 6.04 Å². The molecule has 0 fully saturated rings. The van der Waals surface area contributed by atoms with Gasteiger partial charge in [-0.25, -0.2) is 0 Å². The standard InChI is InChI=1S/C17H24N4/c1-11-17(12(2)20(4)19-11)13(3)21-9-8-14-6-5-7-16(18)15(14)10-21/h5-7,13H,8-10,18H2,1-4H3. The molecule has 112 valence electrons. The maximum Gasteiger partial charge on any atom is 0.0644 e.